The van der Waals surface area contributed by atoms with Crippen LogP contribution in [0.1, 0.15) is 194 Å². The van der Waals surface area contributed by atoms with Crippen molar-refractivity contribution in [2.45, 2.75) is 230 Å². The smallest absolute Gasteiger partial charge is 0.306 e. The van der Waals surface area contributed by atoms with E-state index in [2.05, 4.69) is 38.2 Å². The quantitative estimate of drug-likeness (QED) is 0.0273. The third-order valence-corrected chi connectivity index (χ3v) is 10.3. The summed E-state index contributed by atoms with van der Waals surface area (Å²) in [6, 6.07) is 0. The molecule has 0 aromatic carbocycles. The van der Waals surface area contributed by atoms with E-state index in [1.54, 1.807) is 0 Å². The van der Waals surface area contributed by atoms with Gasteiger partial charge in [-0.3, -0.25) is 9.59 Å². The minimum absolute atomic E-state index is 0.216. The van der Waals surface area contributed by atoms with Crippen LogP contribution in [-0.2, 0) is 28.5 Å². The molecule has 4 N–H and O–H groups in total. The molecule has 0 radical (unpaired) electrons. The SMILES string of the molecule is CCCCC/C=C\C/C=C\CCCCCCCC(=O)OC(COC(=O)CCCCCCCCCCCCCCCCC)CO[C@@H]1O[C@H](CO)[C@H](O)[C@H](O)[C@H]1O. The predicted octanol–water partition coefficient (Wildman–Crippen LogP) is 9.33. The molecule has 1 saturated heterocycles. The van der Waals surface area contributed by atoms with Crippen molar-refractivity contribution >= 4 is 11.9 Å². The van der Waals surface area contributed by atoms with E-state index in [0.29, 0.717) is 6.42 Å². The lowest BCUT2D eigenvalue weighted by Gasteiger charge is -2.39. The number of ether oxygens (including phenoxy) is 4. The Morgan fingerprint density at radius 2 is 1.02 bits per heavy atom. The van der Waals surface area contributed by atoms with Crippen LogP contribution in [0.4, 0.5) is 0 Å². The van der Waals surface area contributed by atoms with Crippen molar-refractivity contribution in [2.24, 2.45) is 0 Å². The van der Waals surface area contributed by atoms with Crippen LogP contribution in [0.25, 0.3) is 0 Å². The summed E-state index contributed by atoms with van der Waals surface area (Å²) in [6.45, 7) is 3.39. The van der Waals surface area contributed by atoms with E-state index in [4.69, 9.17) is 18.9 Å². The molecule has 55 heavy (non-hydrogen) atoms. The number of unbranched alkanes of at least 4 members (excludes halogenated alkanes) is 22. The Labute approximate surface area is 334 Å². The van der Waals surface area contributed by atoms with Crippen molar-refractivity contribution in [3.63, 3.8) is 0 Å². The molecule has 10 heteroatoms. The number of carbonyl (C=O) groups is 2. The zero-order valence-electron chi connectivity index (χ0n) is 34.9. The number of esters is 2. The zero-order chi connectivity index (χ0) is 40.2. The van der Waals surface area contributed by atoms with Gasteiger partial charge in [-0.05, 0) is 44.9 Å². The topological polar surface area (TPSA) is 152 Å². The molecule has 0 aromatic heterocycles. The molecule has 10 nitrogen and oxygen atoms in total. The summed E-state index contributed by atoms with van der Waals surface area (Å²) < 4.78 is 22.1. The van der Waals surface area contributed by atoms with Gasteiger partial charge in [-0.2, -0.15) is 0 Å². The molecule has 0 spiro atoms. The Hall–Kier alpha value is -1.82. The fourth-order valence-electron chi connectivity index (χ4n) is 6.75. The van der Waals surface area contributed by atoms with Gasteiger partial charge in [0.25, 0.3) is 0 Å². The van der Waals surface area contributed by atoms with Crippen molar-refractivity contribution in [3.8, 4) is 0 Å². The molecule has 1 aliphatic rings. The van der Waals surface area contributed by atoms with Crippen LogP contribution in [0.5, 0.6) is 0 Å². The molecular formula is C45H82O10. The molecule has 0 aliphatic carbocycles. The Morgan fingerprint density at radius 3 is 1.55 bits per heavy atom. The first-order chi connectivity index (χ1) is 26.8. The van der Waals surface area contributed by atoms with Gasteiger partial charge < -0.3 is 39.4 Å². The molecular weight excluding hydrogens is 700 g/mol. The second kappa shape index (κ2) is 36.5. The number of aliphatic hydroxyl groups excluding tert-OH is 4. The monoisotopic (exact) mass is 783 g/mol. The summed E-state index contributed by atoms with van der Waals surface area (Å²) in [5.41, 5.74) is 0. The highest BCUT2D eigenvalue weighted by Gasteiger charge is 2.44. The third kappa shape index (κ3) is 28.3. The van der Waals surface area contributed by atoms with Crippen molar-refractivity contribution in [1.82, 2.24) is 0 Å². The van der Waals surface area contributed by atoms with Gasteiger partial charge in [0.05, 0.1) is 13.2 Å². The van der Waals surface area contributed by atoms with Crippen LogP contribution in [0.15, 0.2) is 24.3 Å². The Kier molecular flexibility index (Phi) is 34.0. The summed E-state index contributed by atoms with van der Waals surface area (Å²) in [5, 5.41) is 40.0. The minimum atomic E-state index is -1.59. The van der Waals surface area contributed by atoms with Crippen molar-refractivity contribution in [3.05, 3.63) is 24.3 Å². The predicted molar refractivity (Wildman–Crippen MR) is 219 cm³/mol. The van der Waals surface area contributed by atoms with Crippen LogP contribution in [0.3, 0.4) is 0 Å². The average molecular weight is 783 g/mol. The average Bonchev–Trinajstić information content (AvgIpc) is 3.18. The number of allylic oxidation sites excluding steroid dienone is 4. The van der Waals surface area contributed by atoms with Crippen LogP contribution in [-0.4, -0.2) is 89.0 Å². The molecule has 1 heterocycles. The molecule has 0 saturated carbocycles. The van der Waals surface area contributed by atoms with E-state index in [-0.39, 0.29) is 32.0 Å². The fourth-order valence-corrected chi connectivity index (χ4v) is 6.75. The van der Waals surface area contributed by atoms with Crippen LogP contribution >= 0.6 is 0 Å². The second-order valence-corrected chi connectivity index (χ2v) is 15.5. The number of rotatable bonds is 37. The molecule has 6 atom stereocenters. The highest BCUT2D eigenvalue weighted by molar-refractivity contribution is 5.70. The van der Waals surface area contributed by atoms with Crippen molar-refractivity contribution in [2.75, 3.05) is 19.8 Å². The summed E-state index contributed by atoms with van der Waals surface area (Å²) in [4.78, 5) is 25.3. The Morgan fingerprint density at radius 1 is 0.564 bits per heavy atom. The Balaban J connectivity index is 2.34. The van der Waals surface area contributed by atoms with Crippen LogP contribution in [0, 0.1) is 0 Å². The molecule has 0 amide bonds. The number of hydrogen-bond acceptors (Lipinski definition) is 10. The van der Waals surface area contributed by atoms with E-state index >= 15 is 0 Å². The number of hydrogen-bond donors (Lipinski definition) is 4. The normalized spacial score (nSPS) is 20.7. The largest absolute Gasteiger partial charge is 0.462 e. The van der Waals surface area contributed by atoms with Crippen molar-refractivity contribution in [1.29, 1.82) is 0 Å². The maximum atomic E-state index is 12.8. The van der Waals surface area contributed by atoms with Gasteiger partial charge in [0.1, 0.15) is 31.0 Å². The van der Waals surface area contributed by atoms with Gasteiger partial charge in [-0.25, -0.2) is 0 Å². The third-order valence-electron chi connectivity index (χ3n) is 10.3. The molecule has 1 fully saturated rings. The van der Waals surface area contributed by atoms with Gasteiger partial charge in [-0.15, -0.1) is 0 Å². The van der Waals surface area contributed by atoms with E-state index in [1.165, 1.54) is 103 Å². The molecule has 0 bridgehead atoms. The minimum Gasteiger partial charge on any atom is -0.462 e. The first kappa shape index (κ1) is 51.2. The van der Waals surface area contributed by atoms with Crippen molar-refractivity contribution < 1.29 is 49.0 Å². The molecule has 1 unspecified atom stereocenters. The van der Waals surface area contributed by atoms with Gasteiger partial charge in [0.15, 0.2) is 12.4 Å². The van der Waals surface area contributed by atoms with E-state index in [9.17, 15) is 30.0 Å². The van der Waals surface area contributed by atoms with Crippen LogP contribution in [0.2, 0.25) is 0 Å². The fraction of sp³-hybridized carbons (Fsp3) is 0.867. The zero-order valence-corrected chi connectivity index (χ0v) is 34.9. The van der Waals surface area contributed by atoms with E-state index in [0.717, 1.165) is 57.8 Å². The van der Waals surface area contributed by atoms with Crippen LogP contribution < -0.4 is 0 Å². The first-order valence-corrected chi connectivity index (χ1v) is 22.4. The lowest BCUT2D eigenvalue weighted by atomic mass is 9.99. The molecule has 0 aromatic rings. The second-order valence-electron chi connectivity index (χ2n) is 15.5. The van der Waals surface area contributed by atoms with Gasteiger partial charge in [0.2, 0.25) is 0 Å². The van der Waals surface area contributed by atoms with Gasteiger partial charge >= 0.3 is 11.9 Å². The van der Waals surface area contributed by atoms with Gasteiger partial charge in [0, 0.05) is 12.8 Å². The summed E-state index contributed by atoms with van der Waals surface area (Å²) in [6.07, 6.45) is 31.8. The molecule has 322 valence electrons. The lowest BCUT2D eigenvalue weighted by Crippen LogP contribution is -2.59. The summed E-state index contributed by atoms with van der Waals surface area (Å²) in [5.74, 6) is -0.816. The van der Waals surface area contributed by atoms with E-state index in [1.807, 2.05) is 0 Å². The molecule has 1 aliphatic heterocycles. The number of aliphatic hydroxyl groups is 4. The Bertz CT molecular complexity index is 954. The van der Waals surface area contributed by atoms with Gasteiger partial charge in [-0.1, -0.05) is 160 Å². The molecule has 1 rings (SSSR count). The summed E-state index contributed by atoms with van der Waals surface area (Å²) >= 11 is 0. The lowest BCUT2D eigenvalue weighted by molar-refractivity contribution is -0.305. The summed E-state index contributed by atoms with van der Waals surface area (Å²) in [7, 11) is 0. The standard InChI is InChI=1S/C45H82O10/c1-3-5-7-9-11-13-15-17-19-21-23-25-27-29-31-33-40(47)52-36-38(37-53-45-44(51)43(50)42(49)39(35-46)55-45)54-41(48)34-32-30-28-26-24-22-20-18-16-14-12-10-8-6-4-2/h12,14,18,20,38-39,42-46,49-51H,3-11,13,15-17,19,21-37H2,1-2H3/b14-12-,20-18-/t38?,39-,42+,43+,44-,45-/m1/s1. The number of carbonyl (C=O) groups excluding carboxylic acids is 2. The highest BCUT2D eigenvalue weighted by atomic mass is 16.7. The maximum Gasteiger partial charge on any atom is 0.306 e. The highest BCUT2D eigenvalue weighted by Crippen LogP contribution is 2.23. The first-order valence-electron chi connectivity index (χ1n) is 22.4. The maximum absolute atomic E-state index is 12.8. The van der Waals surface area contributed by atoms with E-state index < -0.39 is 49.4 Å².